The second-order valence-electron chi connectivity index (χ2n) is 3.65. The van der Waals surface area contributed by atoms with Crippen LogP contribution in [0.1, 0.15) is 0 Å². The van der Waals surface area contributed by atoms with Gasteiger partial charge in [-0.2, -0.15) is 0 Å². The molecule has 0 saturated heterocycles. The highest BCUT2D eigenvalue weighted by Crippen LogP contribution is 2.36. The van der Waals surface area contributed by atoms with Crippen molar-refractivity contribution in [2.75, 3.05) is 7.11 Å². The number of ether oxygens (including phenoxy) is 1. The number of nitro benzene ring substituents is 1. The van der Waals surface area contributed by atoms with Crippen LogP contribution in [0.3, 0.4) is 0 Å². The summed E-state index contributed by atoms with van der Waals surface area (Å²) in [6, 6.07) is 12.2. The van der Waals surface area contributed by atoms with Crippen LogP contribution in [-0.2, 0) is 0 Å². The van der Waals surface area contributed by atoms with E-state index in [1.807, 2.05) is 18.2 Å². The van der Waals surface area contributed by atoms with Gasteiger partial charge in [0.25, 0.3) is 5.69 Å². The summed E-state index contributed by atoms with van der Waals surface area (Å²) >= 11 is 4.88. The average Bonchev–Trinajstić information content (AvgIpc) is 2.41. The summed E-state index contributed by atoms with van der Waals surface area (Å²) in [7, 11) is 1.61. The first-order valence-corrected chi connectivity index (χ1v) is 6.97. The predicted octanol–water partition coefficient (Wildman–Crippen LogP) is 4.52. The molecule has 0 heterocycles. The van der Waals surface area contributed by atoms with Crippen LogP contribution in [0.4, 0.5) is 5.69 Å². The Labute approximate surface area is 123 Å². The Morgan fingerprint density at radius 1 is 1.21 bits per heavy atom. The average molecular weight is 340 g/mol. The fourth-order valence-electron chi connectivity index (χ4n) is 1.49. The third-order valence-corrected chi connectivity index (χ3v) is 3.96. The van der Waals surface area contributed by atoms with Gasteiger partial charge in [-0.1, -0.05) is 27.7 Å². The van der Waals surface area contributed by atoms with Gasteiger partial charge in [-0.05, 0) is 30.3 Å². The molecule has 0 aliphatic carbocycles. The number of non-ortho nitro benzene ring substituents is 1. The van der Waals surface area contributed by atoms with Crippen LogP contribution in [0.5, 0.6) is 5.75 Å². The molecule has 2 aromatic rings. The zero-order chi connectivity index (χ0) is 13.8. The Morgan fingerprint density at radius 3 is 2.47 bits per heavy atom. The quantitative estimate of drug-likeness (QED) is 0.607. The minimum absolute atomic E-state index is 0.0899. The van der Waals surface area contributed by atoms with Crippen molar-refractivity contribution >= 4 is 33.4 Å². The molecule has 0 unspecified atom stereocenters. The molecule has 98 valence electrons. The largest absolute Gasteiger partial charge is 0.496 e. The molecule has 0 amide bonds. The third kappa shape index (κ3) is 3.48. The minimum Gasteiger partial charge on any atom is -0.496 e. The summed E-state index contributed by atoms with van der Waals surface area (Å²) in [5.74, 6) is 0.762. The lowest BCUT2D eigenvalue weighted by Gasteiger charge is -2.08. The highest BCUT2D eigenvalue weighted by molar-refractivity contribution is 9.10. The van der Waals surface area contributed by atoms with Crippen LogP contribution in [0.25, 0.3) is 0 Å². The van der Waals surface area contributed by atoms with E-state index in [-0.39, 0.29) is 5.69 Å². The van der Waals surface area contributed by atoms with E-state index in [1.165, 1.54) is 23.9 Å². The van der Waals surface area contributed by atoms with Gasteiger partial charge in [0, 0.05) is 21.5 Å². The number of halogens is 1. The molecule has 2 rings (SSSR count). The smallest absolute Gasteiger partial charge is 0.269 e. The van der Waals surface area contributed by atoms with Crippen LogP contribution in [0.2, 0.25) is 0 Å². The van der Waals surface area contributed by atoms with Gasteiger partial charge in [-0.15, -0.1) is 0 Å². The molecule has 0 fully saturated rings. The summed E-state index contributed by atoms with van der Waals surface area (Å²) in [6.07, 6.45) is 0. The zero-order valence-corrected chi connectivity index (χ0v) is 12.4. The molecular formula is C13H10BrNO3S. The number of rotatable bonds is 4. The maximum absolute atomic E-state index is 10.6. The lowest BCUT2D eigenvalue weighted by molar-refractivity contribution is -0.384. The first kappa shape index (κ1) is 13.9. The Hall–Kier alpha value is -1.53. The molecule has 0 aromatic heterocycles. The monoisotopic (exact) mass is 339 g/mol. The van der Waals surface area contributed by atoms with Gasteiger partial charge in [0.1, 0.15) is 5.75 Å². The molecule has 0 atom stereocenters. The van der Waals surface area contributed by atoms with E-state index in [4.69, 9.17) is 4.74 Å². The Balaban J connectivity index is 2.23. The SMILES string of the molecule is COc1cc(Br)ccc1Sc1ccc([N+](=O)[O-])cc1. The van der Waals surface area contributed by atoms with Crippen molar-refractivity contribution < 1.29 is 9.66 Å². The third-order valence-electron chi connectivity index (χ3n) is 2.40. The second-order valence-corrected chi connectivity index (χ2v) is 5.68. The minimum atomic E-state index is -0.408. The van der Waals surface area contributed by atoms with E-state index in [1.54, 1.807) is 19.2 Å². The van der Waals surface area contributed by atoms with Crippen LogP contribution in [0, 0.1) is 10.1 Å². The van der Waals surface area contributed by atoms with Crippen molar-refractivity contribution in [1.82, 2.24) is 0 Å². The first-order chi connectivity index (χ1) is 9.10. The number of nitrogens with zero attached hydrogens (tertiary/aromatic N) is 1. The van der Waals surface area contributed by atoms with Crippen LogP contribution < -0.4 is 4.74 Å². The lowest BCUT2D eigenvalue weighted by Crippen LogP contribution is -1.88. The number of hydrogen-bond donors (Lipinski definition) is 0. The van der Waals surface area contributed by atoms with Crippen molar-refractivity contribution in [2.45, 2.75) is 9.79 Å². The normalized spacial score (nSPS) is 10.2. The topological polar surface area (TPSA) is 52.4 Å². The van der Waals surface area contributed by atoms with Gasteiger partial charge in [-0.3, -0.25) is 10.1 Å². The first-order valence-electron chi connectivity index (χ1n) is 5.36. The molecule has 19 heavy (non-hydrogen) atoms. The van der Waals surface area contributed by atoms with Crippen LogP contribution in [0.15, 0.2) is 56.7 Å². The highest BCUT2D eigenvalue weighted by Gasteiger charge is 2.08. The van der Waals surface area contributed by atoms with Gasteiger partial charge in [-0.25, -0.2) is 0 Å². The maximum atomic E-state index is 10.6. The number of benzene rings is 2. The van der Waals surface area contributed by atoms with Gasteiger partial charge in [0.05, 0.1) is 16.9 Å². The van der Waals surface area contributed by atoms with E-state index in [2.05, 4.69) is 15.9 Å². The molecular weight excluding hydrogens is 330 g/mol. The predicted molar refractivity (Wildman–Crippen MR) is 77.9 cm³/mol. The fraction of sp³-hybridized carbons (Fsp3) is 0.0769. The number of nitro groups is 1. The van der Waals surface area contributed by atoms with Crippen LogP contribution in [-0.4, -0.2) is 12.0 Å². The molecule has 0 N–H and O–H groups in total. The molecule has 0 aliphatic heterocycles. The van der Waals surface area contributed by atoms with Crippen LogP contribution >= 0.6 is 27.7 Å². The fourth-order valence-corrected chi connectivity index (χ4v) is 2.73. The summed E-state index contributed by atoms with van der Waals surface area (Å²) in [6.45, 7) is 0. The van der Waals surface area contributed by atoms with E-state index >= 15 is 0 Å². The summed E-state index contributed by atoms with van der Waals surface area (Å²) < 4.78 is 6.24. The lowest BCUT2D eigenvalue weighted by atomic mass is 10.3. The van der Waals surface area contributed by atoms with E-state index in [9.17, 15) is 10.1 Å². The van der Waals surface area contributed by atoms with E-state index < -0.39 is 4.92 Å². The molecule has 0 radical (unpaired) electrons. The van der Waals surface area contributed by atoms with E-state index in [0.29, 0.717) is 0 Å². The van der Waals surface area contributed by atoms with Crippen molar-refractivity contribution in [2.24, 2.45) is 0 Å². The molecule has 0 aliphatic rings. The van der Waals surface area contributed by atoms with Crippen molar-refractivity contribution in [1.29, 1.82) is 0 Å². The number of hydrogen-bond acceptors (Lipinski definition) is 4. The summed E-state index contributed by atoms with van der Waals surface area (Å²) in [5.41, 5.74) is 0.0899. The number of methoxy groups -OCH3 is 1. The molecule has 2 aromatic carbocycles. The maximum Gasteiger partial charge on any atom is 0.269 e. The van der Waals surface area contributed by atoms with Gasteiger partial charge < -0.3 is 4.74 Å². The molecule has 6 heteroatoms. The standard InChI is InChI=1S/C13H10BrNO3S/c1-18-12-8-9(14)2-7-13(12)19-11-5-3-10(4-6-11)15(16)17/h2-8H,1H3. The highest BCUT2D eigenvalue weighted by atomic mass is 79.9. The molecule has 0 spiro atoms. The van der Waals surface area contributed by atoms with Gasteiger partial charge in [0.2, 0.25) is 0 Å². The van der Waals surface area contributed by atoms with Crippen molar-refractivity contribution in [3.05, 3.63) is 57.1 Å². The Bertz CT molecular complexity index is 601. The summed E-state index contributed by atoms with van der Waals surface area (Å²) in [4.78, 5) is 12.1. The zero-order valence-electron chi connectivity index (χ0n) is 10.00. The molecule has 4 nitrogen and oxygen atoms in total. The Kier molecular flexibility index (Phi) is 4.44. The van der Waals surface area contributed by atoms with Crippen molar-refractivity contribution in [3.8, 4) is 5.75 Å². The summed E-state index contributed by atoms with van der Waals surface area (Å²) in [5, 5.41) is 10.6. The molecule has 0 bridgehead atoms. The van der Waals surface area contributed by atoms with Crippen molar-refractivity contribution in [3.63, 3.8) is 0 Å². The molecule has 0 saturated carbocycles. The second kappa shape index (κ2) is 6.08. The van der Waals surface area contributed by atoms with Gasteiger partial charge >= 0.3 is 0 Å². The Morgan fingerprint density at radius 2 is 1.89 bits per heavy atom. The van der Waals surface area contributed by atoms with Gasteiger partial charge in [0.15, 0.2) is 0 Å². The van der Waals surface area contributed by atoms with E-state index in [0.717, 1.165) is 20.0 Å².